The molecule has 1 aromatic carbocycles. The standard InChI is InChI=1S/C12H17NOS/c1-3-9-13-12(14)10(2)15-11-7-5-4-6-8-11/h4-8,10H,3,9H2,1-2H3,(H,13,14)/t10-/m1/s1. The van der Waals surface area contributed by atoms with Gasteiger partial charge in [-0.15, -0.1) is 11.8 Å². The Morgan fingerprint density at radius 1 is 1.40 bits per heavy atom. The van der Waals surface area contributed by atoms with Crippen LogP contribution in [0.25, 0.3) is 0 Å². The highest BCUT2D eigenvalue weighted by molar-refractivity contribution is 8.00. The van der Waals surface area contributed by atoms with E-state index in [0.29, 0.717) is 0 Å². The van der Waals surface area contributed by atoms with E-state index in [1.54, 1.807) is 11.8 Å². The molecule has 1 rings (SSSR count). The van der Waals surface area contributed by atoms with Crippen molar-refractivity contribution >= 4 is 17.7 Å². The Hall–Kier alpha value is -0.960. The largest absolute Gasteiger partial charge is 0.355 e. The Morgan fingerprint density at radius 2 is 2.07 bits per heavy atom. The monoisotopic (exact) mass is 223 g/mol. The summed E-state index contributed by atoms with van der Waals surface area (Å²) in [5.41, 5.74) is 0. The second kappa shape index (κ2) is 6.51. The summed E-state index contributed by atoms with van der Waals surface area (Å²) in [5.74, 6) is 0.116. The van der Waals surface area contributed by atoms with Gasteiger partial charge in [-0.2, -0.15) is 0 Å². The molecular formula is C12H17NOS. The van der Waals surface area contributed by atoms with Gasteiger partial charge in [-0.05, 0) is 25.5 Å². The highest BCUT2D eigenvalue weighted by atomic mass is 32.2. The molecular weight excluding hydrogens is 206 g/mol. The minimum atomic E-state index is -0.0288. The van der Waals surface area contributed by atoms with E-state index in [-0.39, 0.29) is 11.2 Å². The second-order valence-electron chi connectivity index (χ2n) is 3.36. The van der Waals surface area contributed by atoms with Gasteiger partial charge in [-0.25, -0.2) is 0 Å². The molecule has 1 atom stereocenters. The molecule has 0 saturated heterocycles. The molecule has 0 saturated carbocycles. The lowest BCUT2D eigenvalue weighted by atomic mass is 10.4. The predicted octanol–water partition coefficient (Wildman–Crippen LogP) is 2.69. The molecule has 0 unspecified atom stereocenters. The van der Waals surface area contributed by atoms with Gasteiger partial charge in [-0.3, -0.25) is 4.79 Å². The van der Waals surface area contributed by atoms with Crippen LogP contribution < -0.4 is 5.32 Å². The van der Waals surface area contributed by atoms with E-state index in [9.17, 15) is 4.79 Å². The molecule has 2 nitrogen and oxygen atoms in total. The smallest absolute Gasteiger partial charge is 0.233 e. The third kappa shape index (κ3) is 4.38. The number of carbonyl (C=O) groups excluding carboxylic acids is 1. The van der Waals surface area contributed by atoms with Crippen LogP contribution in [0.4, 0.5) is 0 Å². The van der Waals surface area contributed by atoms with Crippen molar-refractivity contribution in [3.05, 3.63) is 30.3 Å². The van der Waals surface area contributed by atoms with E-state index in [0.717, 1.165) is 17.9 Å². The molecule has 0 spiro atoms. The fraction of sp³-hybridized carbons (Fsp3) is 0.417. The van der Waals surface area contributed by atoms with Crippen LogP contribution in [0, 0.1) is 0 Å². The molecule has 0 aliphatic carbocycles. The Labute approximate surface area is 95.5 Å². The lowest BCUT2D eigenvalue weighted by molar-refractivity contribution is -0.120. The van der Waals surface area contributed by atoms with E-state index < -0.39 is 0 Å². The van der Waals surface area contributed by atoms with Crippen molar-refractivity contribution in [2.45, 2.75) is 30.4 Å². The van der Waals surface area contributed by atoms with E-state index in [1.807, 2.05) is 37.3 Å². The molecule has 1 N–H and O–H groups in total. The first kappa shape index (κ1) is 12.1. The van der Waals surface area contributed by atoms with Crippen LogP contribution in [0.3, 0.4) is 0 Å². The molecule has 0 aliphatic rings. The quantitative estimate of drug-likeness (QED) is 0.778. The average molecular weight is 223 g/mol. The molecule has 0 fully saturated rings. The van der Waals surface area contributed by atoms with E-state index >= 15 is 0 Å². The fourth-order valence-corrected chi connectivity index (χ4v) is 2.06. The van der Waals surface area contributed by atoms with E-state index in [1.165, 1.54) is 0 Å². The first-order valence-electron chi connectivity index (χ1n) is 5.23. The van der Waals surface area contributed by atoms with Crippen molar-refractivity contribution in [2.24, 2.45) is 0 Å². The highest BCUT2D eigenvalue weighted by Gasteiger charge is 2.12. The Balaban J connectivity index is 2.41. The van der Waals surface area contributed by atoms with Crippen molar-refractivity contribution < 1.29 is 4.79 Å². The predicted molar refractivity (Wildman–Crippen MR) is 65.1 cm³/mol. The van der Waals surface area contributed by atoms with Crippen LogP contribution in [0.2, 0.25) is 0 Å². The van der Waals surface area contributed by atoms with Crippen molar-refractivity contribution in [3.8, 4) is 0 Å². The number of nitrogens with one attached hydrogen (secondary N) is 1. The summed E-state index contributed by atoms with van der Waals surface area (Å²) in [6, 6.07) is 9.99. The number of carbonyl (C=O) groups is 1. The second-order valence-corrected chi connectivity index (χ2v) is 4.78. The summed E-state index contributed by atoms with van der Waals surface area (Å²) in [5, 5.41) is 2.86. The van der Waals surface area contributed by atoms with Gasteiger partial charge in [0.05, 0.1) is 5.25 Å². The zero-order chi connectivity index (χ0) is 11.1. The maximum Gasteiger partial charge on any atom is 0.233 e. The number of hydrogen-bond donors (Lipinski definition) is 1. The minimum absolute atomic E-state index is 0.0288. The lowest BCUT2D eigenvalue weighted by Gasteiger charge is -2.11. The molecule has 0 aromatic heterocycles. The third-order valence-electron chi connectivity index (χ3n) is 1.97. The first-order chi connectivity index (χ1) is 7.24. The van der Waals surface area contributed by atoms with Crippen molar-refractivity contribution in [1.82, 2.24) is 5.32 Å². The van der Waals surface area contributed by atoms with Crippen LogP contribution in [0.15, 0.2) is 35.2 Å². The summed E-state index contributed by atoms with van der Waals surface area (Å²) in [4.78, 5) is 12.7. The first-order valence-corrected chi connectivity index (χ1v) is 6.11. The van der Waals surface area contributed by atoms with Crippen molar-refractivity contribution in [2.75, 3.05) is 6.54 Å². The van der Waals surface area contributed by atoms with Crippen LogP contribution in [-0.4, -0.2) is 17.7 Å². The minimum Gasteiger partial charge on any atom is -0.355 e. The lowest BCUT2D eigenvalue weighted by Crippen LogP contribution is -2.31. The molecule has 82 valence electrons. The number of amides is 1. The SMILES string of the molecule is CCCNC(=O)[C@@H](C)Sc1ccccc1. The Bertz CT molecular complexity index is 300. The summed E-state index contributed by atoms with van der Waals surface area (Å²) >= 11 is 1.59. The molecule has 1 aromatic rings. The summed E-state index contributed by atoms with van der Waals surface area (Å²) < 4.78 is 0. The maximum absolute atomic E-state index is 11.6. The normalized spacial score (nSPS) is 12.1. The van der Waals surface area contributed by atoms with Gasteiger partial charge in [-0.1, -0.05) is 25.1 Å². The summed E-state index contributed by atoms with van der Waals surface area (Å²) in [6.07, 6.45) is 0.981. The van der Waals surface area contributed by atoms with Gasteiger partial charge in [0.15, 0.2) is 0 Å². The molecule has 15 heavy (non-hydrogen) atoms. The van der Waals surface area contributed by atoms with Crippen molar-refractivity contribution in [3.63, 3.8) is 0 Å². The van der Waals surface area contributed by atoms with Gasteiger partial charge in [0.25, 0.3) is 0 Å². The van der Waals surface area contributed by atoms with Crippen LogP contribution in [-0.2, 0) is 4.79 Å². The van der Waals surface area contributed by atoms with Gasteiger partial charge in [0.1, 0.15) is 0 Å². The van der Waals surface area contributed by atoms with Gasteiger partial charge >= 0.3 is 0 Å². The fourth-order valence-electron chi connectivity index (χ4n) is 1.15. The molecule has 0 radical (unpaired) electrons. The van der Waals surface area contributed by atoms with Crippen LogP contribution in [0.5, 0.6) is 0 Å². The Morgan fingerprint density at radius 3 is 2.67 bits per heavy atom. The van der Waals surface area contributed by atoms with Gasteiger partial charge in [0.2, 0.25) is 5.91 Å². The van der Waals surface area contributed by atoms with E-state index in [4.69, 9.17) is 0 Å². The van der Waals surface area contributed by atoms with Crippen LogP contribution >= 0.6 is 11.8 Å². The van der Waals surface area contributed by atoms with Crippen molar-refractivity contribution in [1.29, 1.82) is 0 Å². The maximum atomic E-state index is 11.6. The molecule has 0 aliphatic heterocycles. The third-order valence-corrected chi connectivity index (χ3v) is 3.09. The van der Waals surface area contributed by atoms with Crippen LogP contribution in [0.1, 0.15) is 20.3 Å². The van der Waals surface area contributed by atoms with E-state index in [2.05, 4.69) is 12.2 Å². The zero-order valence-corrected chi connectivity index (χ0v) is 10.0. The molecule has 0 bridgehead atoms. The summed E-state index contributed by atoms with van der Waals surface area (Å²) in [7, 11) is 0. The summed E-state index contributed by atoms with van der Waals surface area (Å²) in [6.45, 7) is 4.75. The van der Waals surface area contributed by atoms with Gasteiger partial charge in [0, 0.05) is 11.4 Å². The topological polar surface area (TPSA) is 29.1 Å². The number of rotatable bonds is 5. The molecule has 0 heterocycles. The molecule has 1 amide bonds. The number of thioether (sulfide) groups is 1. The zero-order valence-electron chi connectivity index (χ0n) is 9.19. The average Bonchev–Trinajstić information content (AvgIpc) is 2.27. The number of benzene rings is 1. The van der Waals surface area contributed by atoms with Gasteiger partial charge < -0.3 is 5.32 Å². The number of hydrogen-bond acceptors (Lipinski definition) is 2. The Kier molecular flexibility index (Phi) is 5.26. The highest BCUT2D eigenvalue weighted by Crippen LogP contribution is 2.22. The molecule has 3 heteroatoms.